The van der Waals surface area contributed by atoms with Crippen molar-refractivity contribution in [2.45, 2.75) is 102 Å². The van der Waals surface area contributed by atoms with Crippen LogP contribution in [0.4, 0.5) is 0 Å². The van der Waals surface area contributed by atoms with Crippen molar-refractivity contribution < 1.29 is 19.2 Å². The average Bonchev–Trinajstić information content (AvgIpc) is 3.68. The maximum absolute atomic E-state index is 14.1. The van der Waals surface area contributed by atoms with Crippen LogP contribution in [0.3, 0.4) is 0 Å². The fraction of sp³-hybridized carbons (Fsp3) is 0.613. The van der Waals surface area contributed by atoms with Crippen molar-refractivity contribution >= 4 is 23.6 Å². The highest BCUT2D eigenvalue weighted by Crippen LogP contribution is 2.33. The fourth-order valence-electron chi connectivity index (χ4n) is 5.99. The number of benzene rings is 1. The van der Waals surface area contributed by atoms with Gasteiger partial charge >= 0.3 is 0 Å². The number of hydrogen-bond donors (Lipinski definition) is 4. The molecule has 0 unspecified atom stereocenters. The van der Waals surface area contributed by atoms with E-state index in [9.17, 15) is 19.2 Å². The molecule has 2 fully saturated rings. The van der Waals surface area contributed by atoms with Gasteiger partial charge in [-0.05, 0) is 38.3 Å². The van der Waals surface area contributed by atoms with Crippen LogP contribution < -0.4 is 21.7 Å². The summed E-state index contributed by atoms with van der Waals surface area (Å²) in [7, 11) is 1.67. The third-order valence-electron chi connectivity index (χ3n) is 8.79. The zero-order valence-electron chi connectivity index (χ0n) is 25.7. The Balaban J connectivity index is 1.58. The Morgan fingerprint density at radius 3 is 2.35 bits per heavy atom. The molecule has 12 heteroatoms. The van der Waals surface area contributed by atoms with Crippen molar-refractivity contribution in [3.63, 3.8) is 0 Å². The van der Waals surface area contributed by atoms with Gasteiger partial charge in [0.1, 0.15) is 18.1 Å². The van der Waals surface area contributed by atoms with Gasteiger partial charge in [-0.1, -0.05) is 68.7 Å². The first-order valence-corrected chi connectivity index (χ1v) is 15.4. The standard InChI is InChI=1S/C31H46N8O4/c1-19(2)27(35-29(41)20(3)33-4)31(43)38-17-23(39-18-25(36-37-39)22-13-9-6-10-14-22)16-26(38)30(42)34-24(28(32)40)15-21-11-7-5-8-12-21/h5,7-8,11-12,18-20,22-24,26-27,33H,6,9-10,13-17H2,1-4H3,(H2,32,40)(H,34,42)(H,35,41)/t20-,23+,24-,26-,27-/m0/s1. The van der Waals surface area contributed by atoms with Gasteiger partial charge in [-0.3, -0.25) is 19.2 Å². The number of carbonyl (C=O) groups is 4. The number of nitrogens with zero attached hydrogens (tertiary/aromatic N) is 4. The molecule has 234 valence electrons. The molecule has 4 amide bonds. The summed E-state index contributed by atoms with van der Waals surface area (Å²) in [6.07, 6.45) is 8.19. The summed E-state index contributed by atoms with van der Waals surface area (Å²) in [4.78, 5) is 54.5. The number of carbonyl (C=O) groups excluding carboxylic acids is 4. The molecule has 1 saturated heterocycles. The lowest BCUT2D eigenvalue weighted by atomic mass is 9.87. The predicted octanol–water partition coefficient (Wildman–Crippen LogP) is 1.43. The molecule has 1 aromatic heterocycles. The van der Waals surface area contributed by atoms with E-state index in [0.29, 0.717) is 5.92 Å². The van der Waals surface area contributed by atoms with Gasteiger partial charge in [0.05, 0.1) is 17.8 Å². The summed E-state index contributed by atoms with van der Waals surface area (Å²) in [5, 5.41) is 17.4. The number of amides is 4. The number of nitrogens with one attached hydrogen (secondary N) is 3. The van der Waals surface area contributed by atoms with Gasteiger partial charge in [-0.2, -0.15) is 0 Å². The van der Waals surface area contributed by atoms with E-state index in [0.717, 1.165) is 24.1 Å². The van der Waals surface area contributed by atoms with Gasteiger partial charge in [0, 0.05) is 31.5 Å². The van der Waals surface area contributed by atoms with Crippen LogP contribution in [0.15, 0.2) is 36.5 Å². The van der Waals surface area contributed by atoms with E-state index in [1.54, 1.807) is 18.7 Å². The van der Waals surface area contributed by atoms with Crippen LogP contribution in [0.2, 0.25) is 0 Å². The first kappa shape index (κ1) is 32.1. The predicted molar refractivity (Wildman–Crippen MR) is 162 cm³/mol. The second-order valence-corrected chi connectivity index (χ2v) is 12.2. The summed E-state index contributed by atoms with van der Waals surface area (Å²) in [6.45, 7) is 5.63. The molecule has 12 nitrogen and oxygen atoms in total. The van der Waals surface area contributed by atoms with Gasteiger partial charge in [0.25, 0.3) is 0 Å². The number of aromatic nitrogens is 3. The molecule has 5 N–H and O–H groups in total. The summed E-state index contributed by atoms with van der Waals surface area (Å²) in [6, 6.07) is 5.81. The maximum Gasteiger partial charge on any atom is 0.246 e. The largest absolute Gasteiger partial charge is 0.368 e. The molecular weight excluding hydrogens is 548 g/mol. The van der Waals surface area contributed by atoms with E-state index in [1.807, 2.05) is 50.4 Å². The fourth-order valence-corrected chi connectivity index (χ4v) is 5.99. The van der Waals surface area contributed by atoms with E-state index in [1.165, 1.54) is 24.2 Å². The molecule has 0 bridgehead atoms. The van der Waals surface area contributed by atoms with E-state index in [4.69, 9.17) is 5.73 Å². The van der Waals surface area contributed by atoms with Crippen molar-refractivity contribution in [3.05, 3.63) is 47.8 Å². The first-order valence-electron chi connectivity index (χ1n) is 15.4. The van der Waals surface area contributed by atoms with Gasteiger partial charge < -0.3 is 26.6 Å². The Hall–Kier alpha value is -3.80. The highest BCUT2D eigenvalue weighted by atomic mass is 16.2. The number of nitrogens with two attached hydrogens (primary N) is 1. The van der Waals surface area contributed by atoms with Gasteiger partial charge in [0.2, 0.25) is 23.6 Å². The minimum absolute atomic E-state index is 0.213. The zero-order chi connectivity index (χ0) is 31.1. The molecule has 4 rings (SSSR count). The molecule has 2 aromatic rings. The average molecular weight is 595 g/mol. The Labute approximate surface area is 253 Å². The lowest BCUT2D eigenvalue weighted by Crippen LogP contribution is -2.58. The molecule has 43 heavy (non-hydrogen) atoms. The van der Waals surface area contributed by atoms with Crippen LogP contribution in [0.1, 0.15) is 82.5 Å². The molecule has 1 aliphatic carbocycles. The van der Waals surface area contributed by atoms with Crippen LogP contribution in [-0.4, -0.2) is 81.3 Å². The normalized spacial score (nSPS) is 21.3. The van der Waals surface area contributed by atoms with Crippen molar-refractivity contribution in [2.75, 3.05) is 13.6 Å². The minimum Gasteiger partial charge on any atom is -0.368 e. The van der Waals surface area contributed by atoms with E-state index in [-0.39, 0.29) is 43.2 Å². The Morgan fingerprint density at radius 2 is 1.72 bits per heavy atom. The lowest BCUT2D eigenvalue weighted by molar-refractivity contribution is -0.143. The van der Waals surface area contributed by atoms with Crippen LogP contribution in [-0.2, 0) is 25.6 Å². The third-order valence-corrected chi connectivity index (χ3v) is 8.79. The monoisotopic (exact) mass is 594 g/mol. The van der Waals surface area contributed by atoms with Crippen molar-refractivity contribution in [1.82, 2.24) is 35.8 Å². The molecule has 2 aliphatic rings. The quantitative estimate of drug-likeness (QED) is 0.289. The molecule has 5 atom stereocenters. The summed E-state index contributed by atoms with van der Waals surface area (Å²) < 4.78 is 1.76. The molecule has 0 spiro atoms. The van der Waals surface area contributed by atoms with E-state index >= 15 is 0 Å². The number of rotatable bonds is 12. The Morgan fingerprint density at radius 1 is 1.02 bits per heavy atom. The van der Waals surface area contributed by atoms with E-state index in [2.05, 4.69) is 26.3 Å². The molecule has 2 heterocycles. The number of hydrogen-bond acceptors (Lipinski definition) is 7. The molecule has 1 aliphatic heterocycles. The van der Waals surface area contributed by atoms with E-state index < -0.39 is 36.0 Å². The SMILES string of the molecule is CN[C@@H](C)C(=O)N[C@H](C(=O)N1C[C@H](n2cc(C3CCCCC3)nn2)C[C@H]1C(=O)N[C@@H](Cc1ccccc1)C(N)=O)C(C)C. The molecule has 1 saturated carbocycles. The summed E-state index contributed by atoms with van der Waals surface area (Å²) in [5.41, 5.74) is 7.48. The highest BCUT2D eigenvalue weighted by Gasteiger charge is 2.44. The smallest absolute Gasteiger partial charge is 0.246 e. The topological polar surface area (TPSA) is 164 Å². The number of likely N-dealkylation sites (N-methyl/N-ethyl adjacent to an activating group) is 1. The number of likely N-dealkylation sites (tertiary alicyclic amines) is 1. The Kier molecular flexibility index (Phi) is 10.9. The van der Waals surface area contributed by atoms with Crippen molar-refractivity contribution in [3.8, 4) is 0 Å². The van der Waals surface area contributed by atoms with Crippen LogP contribution in [0, 0.1) is 5.92 Å². The molecule has 0 radical (unpaired) electrons. The van der Waals surface area contributed by atoms with Crippen LogP contribution in [0.25, 0.3) is 0 Å². The maximum atomic E-state index is 14.1. The zero-order valence-corrected chi connectivity index (χ0v) is 25.7. The summed E-state index contributed by atoms with van der Waals surface area (Å²) >= 11 is 0. The number of primary amides is 1. The third kappa shape index (κ3) is 7.98. The second-order valence-electron chi connectivity index (χ2n) is 12.2. The lowest BCUT2D eigenvalue weighted by Gasteiger charge is -2.31. The summed E-state index contributed by atoms with van der Waals surface area (Å²) in [5.74, 6) is -1.67. The second kappa shape index (κ2) is 14.6. The van der Waals surface area contributed by atoms with Gasteiger partial charge in [-0.15, -0.1) is 5.10 Å². The molecule has 1 aromatic carbocycles. The Bertz CT molecular complexity index is 1260. The van der Waals surface area contributed by atoms with Gasteiger partial charge in [-0.25, -0.2) is 4.68 Å². The van der Waals surface area contributed by atoms with Gasteiger partial charge in [0.15, 0.2) is 0 Å². The van der Waals surface area contributed by atoms with Crippen LogP contribution in [0.5, 0.6) is 0 Å². The van der Waals surface area contributed by atoms with Crippen molar-refractivity contribution in [1.29, 1.82) is 0 Å². The minimum atomic E-state index is -0.952. The van der Waals surface area contributed by atoms with Crippen molar-refractivity contribution in [2.24, 2.45) is 11.7 Å². The first-order chi connectivity index (χ1) is 20.6. The molecular formula is C31H46N8O4. The highest BCUT2D eigenvalue weighted by molar-refractivity contribution is 5.95. The van der Waals surface area contributed by atoms with Crippen LogP contribution >= 0.6 is 0 Å².